The fourth-order valence-corrected chi connectivity index (χ4v) is 4.92. The number of nitrogens with one attached hydrogen (secondary N) is 5. The van der Waals surface area contributed by atoms with Crippen molar-refractivity contribution in [2.24, 2.45) is 5.92 Å². The zero-order valence-electron chi connectivity index (χ0n) is 21.4. The molecule has 7 rings (SSSR count). The van der Waals surface area contributed by atoms with E-state index >= 15 is 0 Å². The Labute approximate surface area is 225 Å². The molecule has 3 aromatic heterocycles. The van der Waals surface area contributed by atoms with Crippen LogP contribution in [0.5, 0.6) is 0 Å². The van der Waals surface area contributed by atoms with Gasteiger partial charge in [0.1, 0.15) is 12.0 Å². The number of hydrogen-bond donors (Lipinski definition) is 5. The Morgan fingerprint density at radius 1 is 0.974 bits per heavy atom. The Morgan fingerprint density at radius 2 is 1.85 bits per heavy atom. The van der Waals surface area contributed by atoms with Crippen LogP contribution in [0.4, 0.5) is 17.2 Å². The fourth-order valence-electron chi connectivity index (χ4n) is 4.92. The molecule has 39 heavy (non-hydrogen) atoms. The number of H-pyrrole nitrogens is 1. The van der Waals surface area contributed by atoms with E-state index in [1.165, 1.54) is 0 Å². The number of benzene rings is 1. The van der Waals surface area contributed by atoms with Crippen LogP contribution in [-0.2, 0) is 4.79 Å². The predicted molar refractivity (Wildman–Crippen MR) is 152 cm³/mol. The van der Waals surface area contributed by atoms with E-state index in [1.54, 1.807) is 18.6 Å². The third-order valence-electron chi connectivity index (χ3n) is 7.01. The molecule has 1 unspecified atom stereocenters. The SMILES string of the molecule is CC(C)C(=O)Nc1cncc(-c2ccc3c(c2)C(c2nc4c([nH]2)C(c2ccncc2)=CC=CN4)=C2NC2N3)c1. The Kier molecular flexibility index (Phi) is 5.29. The Bertz CT molecular complexity index is 1710. The smallest absolute Gasteiger partial charge is 0.226 e. The number of allylic oxidation sites excluding steroid dienone is 2. The molecule has 4 aromatic rings. The number of rotatable bonds is 5. The van der Waals surface area contributed by atoms with Gasteiger partial charge in [0.25, 0.3) is 0 Å². The van der Waals surface area contributed by atoms with Gasteiger partial charge in [-0.1, -0.05) is 26.0 Å². The molecule has 0 radical (unpaired) electrons. The van der Waals surface area contributed by atoms with E-state index in [9.17, 15) is 4.79 Å². The van der Waals surface area contributed by atoms with Crippen LogP contribution in [0.2, 0.25) is 0 Å². The van der Waals surface area contributed by atoms with Crippen LogP contribution in [0.1, 0.15) is 36.5 Å². The quantitative estimate of drug-likeness (QED) is 0.238. The van der Waals surface area contributed by atoms with Crippen molar-refractivity contribution in [2.45, 2.75) is 20.0 Å². The van der Waals surface area contributed by atoms with Crippen LogP contribution in [-0.4, -0.2) is 32.0 Å². The molecule has 192 valence electrons. The second-order valence-electron chi connectivity index (χ2n) is 10.0. The first-order valence-corrected chi connectivity index (χ1v) is 12.9. The third kappa shape index (κ3) is 4.14. The molecule has 1 amide bonds. The van der Waals surface area contributed by atoms with E-state index in [2.05, 4.69) is 60.5 Å². The van der Waals surface area contributed by atoms with Gasteiger partial charge in [-0.15, -0.1) is 0 Å². The molecule has 1 saturated heterocycles. The van der Waals surface area contributed by atoms with E-state index < -0.39 is 0 Å². The van der Waals surface area contributed by atoms with Crippen LogP contribution in [0.25, 0.3) is 22.3 Å². The number of nitrogens with zero attached hydrogens (tertiary/aromatic N) is 3. The molecule has 0 saturated carbocycles. The van der Waals surface area contributed by atoms with Crippen molar-refractivity contribution in [1.82, 2.24) is 25.3 Å². The molecule has 0 spiro atoms. The predicted octanol–water partition coefficient (Wildman–Crippen LogP) is 4.95. The number of carbonyl (C=O) groups excluding carboxylic acids is 1. The summed E-state index contributed by atoms with van der Waals surface area (Å²) in [4.78, 5) is 29.4. The molecule has 9 heteroatoms. The van der Waals surface area contributed by atoms with Crippen LogP contribution in [0, 0.1) is 5.92 Å². The van der Waals surface area contributed by atoms with Crippen molar-refractivity contribution < 1.29 is 4.79 Å². The van der Waals surface area contributed by atoms with Crippen LogP contribution in [0.3, 0.4) is 0 Å². The zero-order valence-corrected chi connectivity index (χ0v) is 21.4. The number of pyridine rings is 2. The first kappa shape index (κ1) is 23.0. The number of amides is 1. The maximum Gasteiger partial charge on any atom is 0.226 e. The lowest BCUT2D eigenvalue weighted by Gasteiger charge is -2.18. The number of fused-ring (bicyclic) bond motifs is 3. The van der Waals surface area contributed by atoms with E-state index in [0.29, 0.717) is 5.69 Å². The topological polar surface area (TPSA) is 130 Å². The lowest BCUT2D eigenvalue weighted by Crippen LogP contribution is -2.17. The molecular formula is C30H26N8O. The Balaban J connectivity index is 1.28. The Morgan fingerprint density at radius 3 is 2.69 bits per heavy atom. The van der Waals surface area contributed by atoms with Gasteiger partial charge in [-0.2, -0.15) is 0 Å². The molecule has 9 nitrogen and oxygen atoms in total. The van der Waals surface area contributed by atoms with E-state index in [0.717, 1.165) is 62.1 Å². The van der Waals surface area contributed by atoms with Crippen molar-refractivity contribution in [1.29, 1.82) is 0 Å². The van der Waals surface area contributed by atoms with Gasteiger partial charge in [0.2, 0.25) is 5.91 Å². The van der Waals surface area contributed by atoms with E-state index in [4.69, 9.17) is 4.98 Å². The van der Waals surface area contributed by atoms with Crippen molar-refractivity contribution in [3.8, 4) is 11.1 Å². The largest absolute Gasteiger partial charge is 0.360 e. The summed E-state index contributed by atoms with van der Waals surface area (Å²) < 4.78 is 0. The summed E-state index contributed by atoms with van der Waals surface area (Å²) in [6.07, 6.45) is 13.1. The van der Waals surface area contributed by atoms with Gasteiger partial charge in [0, 0.05) is 58.7 Å². The monoisotopic (exact) mass is 514 g/mol. The van der Waals surface area contributed by atoms with Gasteiger partial charge < -0.3 is 26.3 Å². The van der Waals surface area contributed by atoms with Crippen molar-refractivity contribution >= 4 is 34.2 Å². The van der Waals surface area contributed by atoms with Gasteiger partial charge in [0.05, 0.1) is 23.3 Å². The van der Waals surface area contributed by atoms with E-state index in [1.807, 2.05) is 50.5 Å². The maximum atomic E-state index is 12.2. The summed E-state index contributed by atoms with van der Waals surface area (Å²) >= 11 is 0. The lowest BCUT2D eigenvalue weighted by molar-refractivity contribution is -0.118. The summed E-state index contributed by atoms with van der Waals surface area (Å²) in [7, 11) is 0. The molecule has 6 heterocycles. The molecule has 5 N–H and O–H groups in total. The standard InChI is InChI=1S/C30H26N8O/c1-16(2)30(39)34-20-12-19(14-32-15-20)18-5-6-23-22(13-18)24(26-29(35-23)37-26)27-36-25-21(17-7-10-31-11-8-17)4-3-9-33-28(25)38-27/h3-16,29,33,35,37H,1-2H3,(H,34,39)(H,36,38). The summed E-state index contributed by atoms with van der Waals surface area (Å²) in [5.74, 6) is 1.39. The molecule has 0 aliphatic carbocycles. The van der Waals surface area contributed by atoms with Gasteiger partial charge in [-0.05, 0) is 47.5 Å². The second kappa shape index (κ2) is 8.98. The number of carbonyl (C=O) groups is 1. The maximum absolute atomic E-state index is 12.2. The average Bonchev–Trinajstić information content (AvgIpc) is 3.66. The van der Waals surface area contributed by atoms with Gasteiger partial charge in [0.15, 0.2) is 5.82 Å². The third-order valence-corrected chi connectivity index (χ3v) is 7.01. The molecule has 0 bridgehead atoms. The summed E-state index contributed by atoms with van der Waals surface area (Å²) in [6, 6.07) is 12.2. The highest BCUT2D eigenvalue weighted by Crippen LogP contribution is 2.44. The van der Waals surface area contributed by atoms with Crippen molar-refractivity contribution in [3.63, 3.8) is 0 Å². The first-order chi connectivity index (χ1) is 19.0. The fraction of sp³-hybridized carbons (Fsp3) is 0.133. The van der Waals surface area contributed by atoms with E-state index in [-0.39, 0.29) is 18.0 Å². The highest BCUT2D eigenvalue weighted by atomic mass is 16.1. The van der Waals surface area contributed by atoms with Crippen molar-refractivity contribution in [2.75, 3.05) is 16.0 Å². The molecule has 1 atom stereocenters. The molecule has 3 aliphatic heterocycles. The summed E-state index contributed by atoms with van der Waals surface area (Å²) in [5.41, 5.74) is 9.78. The number of anilines is 3. The minimum atomic E-state index is -0.112. The van der Waals surface area contributed by atoms with Crippen molar-refractivity contribution in [3.05, 3.63) is 108 Å². The minimum absolute atomic E-state index is 0.0392. The van der Waals surface area contributed by atoms with Crippen LogP contribution < -0.4 is 21.3 Å². The van der Waals surface area contributed by atoms with Gasteiger partial charge in [-0.3, -0.25) is 14.8 Å². The normalized spacial score (nSPS) is 16.6. The molecule has 3 aliphatic rings. The average molecular weight is 515 g/mol. The van der Waals surface area contributed by atoms with Gasteiger partial charge in [-0.25, -0.2) is 4.98 Å². The van der Waals surface area contributed by atoms with Gasteiger partial charge >= 0.3 is 0 Å². The number of aromatic amines is 1. The minimum Gasteiger partial charge on any atom is -0.360 e. The highest BCUT2D eigenvalue weighted by molar-refractivity contribution is 5.96. The summed E-state index contributed by atoms with van der Waals surface area (Å²) in [6.45, 7) is 3.74. The molecule has 1 fully saturated rings. The first-order valence-electron chi connectivity index (χ1n) is 12.9. The molecule has 1 aromatic carbocycles. The highest BCUT2D eigenvalue weighted by Gasteiger charge is 2.39. The van der Waals surface area contributed by atoms with Crippen LogP contribution in [0.15, 0.2) is 85.2 Å². The zero-order chi connectivity index (χ0) is 26.5. The number of hydrogen-bond acceptors (Lipinski definition) is 7. The number of aromatic nitrogens is 4. The number of imidazole rings is 1. The second-order valence-corrected chi connectivity index (χ2v) is 10.0. The lowest BCUT2D eigenvalue weighted by atomic mass is 9.95. The molecular weight excluding hydrogens is 488 g/mol. The Hall–Kier alpha value is -5.18. The van der Waals surface area contributed by atoms with Crippen LogP contribution >= 0.6 is 0 Å². The summed E-state index contributed by atoms with van der Waals surface area (Å²) in [5, 5.41) is 13.2.